The molecule has 6 heteroatoms. The second-order valence-electron chi connectivity index (χ2n) is 8.84. The van der Waals surface area contributed by atoms with E-state index in [1.165, 1.54) is 37.8 Å². The van der Waals surface area contributed by atoms with Gasteiger partial charge >= 0.3 is 0 Å². The lowest BCUT2D eigenvalue weighted by molar-refractivity contribution is -0.140. The highest BCUT2D eigenvalue weighted by Crippen LogP contribution is 2.20. The summed E-state index contributed by atoms with van der Waals surface area (Å²) >= 11 is 1.61. The number of aryl methyl sites for hydroxylation is 1. The van der Waals surface area contributed by atoms with E-state index in [1.54, 1.807) is 39.3 Å². The summed E-state index contributed by atoms with van der Waals surface area (Å²) in [5.74, 6) is -0.424. The topological polar surface area (TPSA) is 40.6 Å². The van der Waals surface area contributed by atoms with Crippen molar-refractivity contribution in [1.29, 1.82) is 0 Å². The van der Waals surface area contributed by atoms with E-state index in [-0.39, 0.29) is 24.2 Å². The normalized spacial score (nSPS) is 10.8. The van der Waals surface area contributed by atoms with Crippen LogP contribution in [0.5, 0.6) is 0 Å². The minimum Gasteiger partial charge on any atom is -0.332 e. The third-order valence-corrected chi connectivity index (χ3v) is 6.97. The molecule has 0 radical (unpaired) electrons. The molecule has 0 aliphatic rings. The summed E-state index contributed by atoms with van der Waals surface area (Å²) in [5, 5.41) is 2.01. The molecular weight excluding hydrogens is 447 g/mol. The number of unbranched alkanes of at least 4 members (excludes halogenated alkanes) is 6. The molecule has 0 bridgehead atoms. The first kappa shape index (κ1) is 27.8. The third kappa shape index (κ3) is 9.80. The summed E-state index contributed by atoms with van der Waals surface area (Å²) < 4.78 is 13.4. The summed E-state index contributed by atoms with van der Waals surface area (Å²) in [6, 6.07) is 8.25. The van der Waals surface area contributed by atoms with Gasteiger partial charge in [0.1, 0.15) is 12.4 Å². The SMILES string of the molecule is C=CCN(CC(=O)N(Cc1ccc(F)cc1)Cc1sccc1C)C(=O)CCCCCCCCC. The van der Waals surface area contributed by atoms with Crippen molar-refractivity contribution < 1.29 is 14.0 Å². The molecule has 0 fully saturated rings. The molecule has 2 amide bonds. The Bertz CT molecular complexity index is 894. The molecular formula is C28H39FN2O2S. The van der Waals surface area contributed by atoms with Gasteiger partial charge in [0.15, 0.2) is 0 Å². The Morgan fingerprint density at radius 2 is 1.62 bits per heavy atom. The third-order valence-electron chi connectivity index (χ3n) is 5.96. The molecule has 2 aromatic rings. The second kappa shape index (κ2) is 15.4. The monoisotopic (exact) mass is 486 g/mol. The minimum atomic E-state index is -0.302. The van der Waals surface area contributed by atoms with Crippen LogP contribution in [-0.2, 0) is 22.7 Å². The number of halogens is 1. The maximum Gasteiger partial charge on any atom is 0.242 e. The highest BCUT2D eigenvalue weighted by molar-refractivity contribution is 7.10. The molecule has 1 aromatic carbocycles. The Kier molecular flexibility index (Phi) is 12.6. The van der Waals surface area contributed by atoms with Gasteiger partial charge in [0.2, 0.25) is 11.8 Å². The van der Waals surface area contributed by atoms with Crippen LogP contribution in [0.2, 0.25) is 0 Å². The molecule has 1 heterocycles. The van der Waals surface area contributed by atoms with Crippen LogP contribution in [0.4, 0.5) is 4.39 Å². The number of nitrogens with zero attached hydrogens (tertiary/aromatic N) is 2. The highest BCUT2D eigenvalue weighted by atomic mass is 32.1. The van der Waals surface area contributed by atoms with Gasteiger partial charge in [-0.1, -0.05) is 63.7 Å². The fourth-order valence-electron chi connectivity index (χ4n) is 3.85. The molecule has 0 N–H and O–H groups in total. The van der Waals surface area contributed by atoms with E-state index in [4.69, 9.17) is 0 Å². The zero-order chi connectivity index (χ0) is 24.8. The van der Waals surface area contributed by atoms with Gasteiger partial charge in [-0.05, 0) is 48.1 Å². The number of thiophene rings is 1. The molecule has 1 aromatic heterocycles. The smallest absolute Gasteiger partial charge is 0.242 e. The summed E-state index contributed by atoms with van der Waals surface area (Å²) in [7, 11) is 0. The van der Waals surface area contributed by atoms with Crippen LogP contribution in [0.3, 0.4) is 0 Å². The van der Waals surface area contributed by atoms with Crippen molar-refractivity contribution in [2.75, 3.05) is 13.1 Å². The Hall–Kier alpha value is -2.47. The molecule has 0 aliphatic heterocycles. The van der Waals surface area contributed by atoms with E-state index < -0.39 is 0 Å². The van der Waals surface area contributed by atoms with Gasteiger partial charge in [0.25, 0.3) is 0 Å². The summed E-state index contributed by atoms with van der Waals surface area (Å²) in [6.45, 7) is 9.21. The van der Waals surface area contributed by atoms with Crippen LogP contribution in [-0.4, -0.2) is 34.7 Å². The fourth-order valence-corrected chi connectivity index (χ4v) is 4.77. The van der Waals surface area contributed by atoms with Gasteiger partial charge in [-0.3, -0.25) is 9.59 Å². The maximum atomic E-state index is 13.4. The Morgan fingerprint density at radius 3 is 2.24 bits per heavy atom. The van der Waals surface area contributed by atoms with Crippen LogP contribution < -0.4 is 0 Å². The number of carbonyl (C=O) groups excluding carboxylic acids is 2. The first-order valence-electron chi connectivity index (χ1n) is 12.4. The Balaban J connectivity index is 1.99. The van der Waals surface area contributed by atoms with Gasteiger partial charge in [-0.25, -0.2) is 4.39 Å². The van der Waals surface area contributed by atoms with Crippen LogP contribution in [0.15, 0.2) is 48.4 Å². The van der Waals surface area contributed by atoms with Crippen LogP contribution in [0, 0.1) is 12.7 Å². The standard InChI is InChI=1S/C28H39FN2O2S/c1-4-6-7-8-9-10-11-12-27(32)30(18-5-2)22-28(33)31(21-26-23(3)17-19-34-26)20-24-13-15-25(29)16-14-24/h5,13-17,19H,2,4,6-12,18,20-22H2,1,3H3. The zero-order valence-electron chi connectivity index (χ0n) is 20.7. The molecule has 0 aliphatic carbocycles. The van der Waals surface area contributed by atoms with Crippen molar-refractivity contribution >= 4 is 23.2 Å². The van der Waals surface area contributed by atoms with Gasteiger partial charge in [-0.15, -0.1) is 17.9 Å². The van der Waals surface area contributed by atoms with Crippen molar-refractivity contribution in [1.82, 2.24) is 9.80 Å². The minimum absolute atomic E-state index is 0.00385. The number of hydrogen-bond donors (Lipinski definition) is 0. The molecule has 2 rings (SSSR count). The lowest BCUT2D eigenvalue weighted by Crippen LogP contribution is -2.42. The van der Waals surface area contributed by atoms with Crippen LogP contribution in [0.1, 0.15) is 74.3 Å². The maximum absolute atomic E-state index is 13.4. The highest BCUT2D eigenvalue weighted by Gasteiger charge is 2.22. The van der Waals surface area contributed by atoms with Gasteiger partial charge in [0, 0.05) is 24.4 Å². The molecule has 0 saturated carbocycles. The van der Waals surface area contributed by atoms with Crippen molar-refractivity contribution in [2.24, 2.45) is 0 Å². The van der Waals surface area contributed by atoms with E-state index in [0.717, 1.165) is 35.3 Å². The molecule has 34 heavy (non-hydrogen) atoms. The fraction of sp³-hybridized carbons (Fsp3) is 0.500. The predicted molar refractivity (Wildman–Crippen MR) is 139 cm³/mol. The first-order chi connectivity index (χ1) is 16.4. The second-order valence-corrected chi connectivity index (χ2v) is 9.84. The summed E-state index contributed by atoms with van der Waals surface area (Å²) in [4.78, 5) is 30.7. The lowest BCUT2D eigenvalue weighted by atomic mass is 10.1. The van der Waals surface area contributed by atoms with E-state index >= 15 is 0 Å². The Labute approximate surface area is 208 Å². The van der Waals surface area contributed by atoms with Crippen molar-refractivity contribution in [3.05, 3.63) is 70.2 Å². The average molecular weight is 487 g/mol. The average Bonchev–Trinajstić information content (AvgIpc) is 3.23. The first-order valence-corrected chi connectivity index (χ1v) is 13.3. The lowest BCUT2D eigenvalue weighted by Gasteiger charge is -2.27. The summed E-state index contributed by atoms with van der Waals surface area (Å²) in [6.07, 6.45) is 10.1. The quantitative estimate of drug-likeness (QED) is 0.192. The van der Waals surface area contributed by atoms with E-state index in [1.807, 2.05) is 18.4 Å². The molecule has 0 unspecified atom stereocenters. The number of rotatable bonds is 16. The van der Waals surface area contributed by atoms with E-state index in [9.17, 15) is 14.0 Å². The van der Waals surface area contributed by atoms with Crippen LogP contribution >= 0.6 is 11.3 Å². The number of amides is 2. The predicted octanol–water partition coefficient (Wildman–Crippen LogP) is 6.88. The molecule has 0 spiro atoms. The van der Waals surface area contributed by atoms with Crippen LogP contribution in [0.25, 0.3) is 0 Å². The number of carbonyl (C=O) groups is 2. The largest absolute Gasteiger partial charge is 0.332 e. The summed E-state index contributed by atoms with van der Waals surface area (Å²) in [5.41, 5.74) is 1.99. The Morgan fingerprint density at radius 1 is 0.941 bits per heavy atom. The zero-order valence-corrected chi connectivity index (χ0v) is 21.5. The van der Waals surface area contributed by atoms with E-state index in [2.05, 4.69) is 13.5 Å². The van der Waals surface area contributed by atoms with Gasteiger partial charge in [0.05, 0.1) is 6.54 Å². The number of hydrogen-bond acceptors (Lipinski definition) is 3. The molecule has 0 saturated heterocycles. The van der Waals surface area contributed by atoms with E-state index in [0.29, 0.717) is 26.1 Å². The van der Waals surface area contributed by atoms with Crippen molar-refractivity contribution in [3.8, 4) is 0 Å². The number of benzene rings is 1. The molecule has 186 valence electrons. The van der Waals surface area contributed by atoms with Gasteiger partial charge in [-0.2, -0.15) is 0 Å². The van der Waals surface area contributed by atoms with Crippen molar-refractivity contribution in [3.63, 3.8) is 0 Å². The van der Waals surface area contributed by atoms with Crippen molar-refractivity contribution in [2.45, 2.75) is 78.3 Å². The molecule has 4 nitrogen and oxygen atoms in total. The van der Waals surface area contributed by atoms with Gasteiger partial charge < -0.3 is 9.80 Å². The molecule has 0 atom stereocenters.